The van der Waals surface area contributed by atoms with E-state index in [1.165, 1.54) is 12.8 Å². The maximum absolute atomic E-state index is 10.0. The van der Waals surface area contributed by atoms with Crippen LogP contribution in [-0.2, 0) is 7.05 Å². The number of aliphatic hydroxyl groups is 1. The molecule has 1 atom stereocenters. The molecule has 0 spiro atoms. The van der Waals surface area contributed by atoms with Gasteiger partial charge in [0.15, 0.2) is 0 Å². The van der Waals surface area contributed by atoms with Crippen LogP contribution in [0.15, 0.2) is 12.4 Å². The fourth-order valence-electron chi connectivity index (χ4n) is 2.15. The van der Waals surface area contributed by atoms with Crippen LogP contribution in [0, 0.1) is 5.92 Å². The molecule has 1 aromatic rings. The summed E-state index contributed by atoms with van der Waals surface area (Å²) in [6.45, 7) is 0. The predicted molar refractivity (Wildman–Crippen MR) is 50.1 cm³/mol. The van der Waals surface area contributed by atoms with Gasteiger partial charge in [-0.1, -0.05) is 12.8 Å². The highest BCUT2D eigenvalue weighted by atomic mass is 16.3. The van der Waals surface area contributed by atoms with Gasteiger partial charge in [-0.2, -0.15) is 0 Å². The third kappa shape index (κ3) is 1.61. The smallest absolute Gasteiger partial charge is 0.137 e. The fraction of sp³-hybridized carbons (Fsp3) is 0.700. The van der Waals surface area contributed by atoms with Crippen molar-refractivity contribution in [3.8, 4) is 0 Å². The zero-order valence-corrected chi connectivity index (χ0v) is 7.98. The number of nitrogens with zero attached hydrogens (tertiary/aromatic N) is 2. The summed E-state index contributed by atoms with van der Waals surface area (Å²) in [7, 11) is 1.93. The molecule has 72 valence electrons. The summed E-state index contributed by atoms with van der Waals surface area (Å²) in [6.07, 6.45) is 8.07. The van der Waals surface area contributed by atoms with Crippen LogP contribution in [-0.4, -0.2) is 14.7 Å². The second-order valence-electron chi connectivity index (χ2n) is 3.89. The van der Waals surface area contributed by atoms with Crippen molar-refractivity contribution < 1.29 is 5.11 Å². The number of rotatable bonds is 2. The van der Waals surface area contributed by atoms with Gasteiger partial charge in [0.25, 0.3) is 0 Å². The molecular formula is C10H16N2O. The molecule has 1 fully saturated rings. The minimum Gasteiger partial charge on any atom is -0.385 e. The van der Waals surface area contributed by atoms with Gasteiger partial charge in [0.2, 0.25) is 0 Å². The highest BCUT2D eigenvalue weighted by Crippen LogP contribution is 2.34. The number of aryl methyl sites for hydroxylation is 1. The first-order valence-corrected chi connectivity index (χ1v) is 4.94. The molecule has 1 unspecified atom stereocenters. The Kier molecular flexibility index (Phi) is 2.36. The van der Waals surface area contributed by atoms with E-state index in [2.05, 4.69) is 4.98 Å². The molecule has 1 aliphatic rings. The Labute approximate surface area is 78.4 Å². The van der Waals surface area contributed by atoms with E-state index in [0.717, 1.165) is 18.7 Å². The van der Waals surface area contributed by atoms with Crippen molar-refractivity contribution in [2.45, 2.75) is 31.8 Å². The molecule has 1 aliphatic carbocycles. The second kappa shape index (κ2) is 3.50. The number of aliphatic hydroxyl groups excluding tert-OH is 1. The van der Waals surface area contributed by atoms with Crippen LogP contribution in [0.25, 0.3) is 0 Å². The molecule has 0 aromatic carbocycles. The van der Waals surface area contributed by atoms with Crippen LogP contribution in [0.5, 0.6) is 0 Å². The number of hydrogen-bond donors (Lipinski definition) is 1. The largest absolute Gasteiger partial charge is 0.385 e. The molecular weight excluding hydrogens is 164 g/mol. The van der Waals surface area contributed by atoms with E-state index >= 15 is 0 Å². The standard InChI is InChI=1S/C10H16N2O/c1-12-7-6-11-10(12)9(13)8-4-2-3-5-8/h6-9,13H,2-5H2,1H3. The van der Waals surface area contributed by atoms with Crippen LogP contribution < -0.4 is 0 Å². The van der Waals surface area contributed by atoms with Crippen molar-refractivity contribution in [2.75, 3.05) is 0 Å². The molecule has 0 saturated heterocycles. The number of imidazole rings is 1. The van der Waals surface area contributed by atoms with Gasteiger partial charge in [0, 0.05) is 19.4 Å². The summed E-state index contributed by atoms with van der Waals surface area (Å²) in [5.41, 5.74) is 0. The first kappa shape index (κ1) is 8.75. The van der Waals surface area contributed by atoms with Crippen molar-refractivity contribution >= 4 is 0 Å². The average Bonchev–Trinajstić information content (AvgIpc) is 2.72. The summed E-state index contributed by atoms with van der Waals surface area (Å²) in [4.78, 5) is 4.17. The van der Waals surface area contributed by atoms with Gasteiger partial charge in [-0.25, -0.2) is 4.98 Å². The van der Waals surface area contributed by atoms with Crippen LogP contribution in [0.3, 0.4) is 0 Å². The zero-order chi connectivity index (χ0) is 9.26. The molecule has 0 radical (unpaired) electrons. The molecule has 1 N–H and O–H groups in total. The highest BCUT2D eigenvalue weighted by Gasteiger charge is 2.26. The lowest BCUT2D eigenvalue weighted by molar-refractivity contribution is 0.1000. The predicted octanol–water partition coefficient (Wildman–Crippen LogP) is 1.64. The van der Waals surface area contributed by atoms with Crippen LogP contribution in [0.1, 0.15) is 37.6 Å². The molecule has 0 amide bonds. The molecule has 0 aliphatic heterocycles. The Hall–Kier alpha value is -0.830. The third-order valence-corrected chi connectivity index (χ3v) is 2.97. The highest BCUT2D eigenvalue weighted by molar-refractivity contribution is 4.98. The first-order chi connectivity index (χ1) is 6.29. The maximum atomic E-state index is 10.0. The SMILES string of the molecule is Cn1ccnc1C(O)C1CCCC1. The van der Waals surface area contributed by atoms with Crippen LogP contribution in [0.4, 0.5) is 0 Å². The van der Waals surface area contributed by atoms with Gasteiger partial charge < -0.3 is 9.67 Å². The third-order valence-electron chi connectivity index (χ3n) is 2.97. The monoisotopic (exact) mass is 180 g/mol. The summed E-state index contributed by atoms with van der Waals surface area (Å²) >= 11 is 0. The molecule has 3 heteroatoms. The maximum Gasteiger partial charge on any atom is 0.137 e. The van der Waals surface area contributed by atoms with Gasteiger partial charge in [-0.15, -0.1) is 0 Å². The zero-order valence-electron chi connectivity index (χ0n) is 7.98. The van der Waals surface area contributed by atoms with Crippen LogP contribution >= 0.6 is 0 Å². The molecule has 0 bridgehead atoms. The van der Waals surface area contributed by atoms with Gasteiger partial charge in [0.05, 0.1) is 0 Å². The van der Waals surface area contributed by atoms with E-state index in [1.54, 1.807) is 6.20 Å². The Balaban J connectivity index is 2.12. The van der Waals surface area contributed by atoms with Gasteiger partial charge in [-0.05, 0) is 18.8 Å². The van der Waals surface area contributed by atoms with Crippen LogP contribution in [0.2, 0.25) is 0 Å². The summed E-state index contributed by atoms with van der Waals surface area (Å²) < 4.78 is 1.91. The summed E-state index contributed by atoms with van der Waals surface area (Å²) in [5, 5.41) is 10.0. The summed E-state index contributed by atoms with van der Waals surface area (Å²) in [6, 6.07) is 0. The van der Waals surface area contributed by atoms with Crippen molar-refractivity contribution in [2.24, 2.45) is 13.0 Å². The quantitative estimate of drug-likeness (QED) is 0.751. The fourth-order valence-corrected chi connectivity index (χ4v) is 2.15. The van der Waals surface area contributed by atoms with E-state index in [1.807, 2.05) is 17.8 Å². The lowest BCUT2D eigenvalue weighted by atomic mass is 10.0. The number of hydrogen-bond acceptors (Lipinski definition) is 2. The lowest BCUT2D eigenvalue weighted by Gasteiger charge is -2.16. The minimum absolute atomic E-state index is 0.359. The topological polar surface area (TPSA) is 38.0 Å². The molecule has 2 rings (SSSR count). The average molecular weight is 180 g/mol. The van der Waals surface area contributed by atoms with E-state index in [9.17, 15) is 5.11 Å². The Bertz CT molecular complexity index is 276. The second-order valence-corrected chi connectivity index (χ2v) is 3.89. The molecule has 1 heterocycles. The van der Waals surface area contributed by atoms with Gasteiger partial charge >= 0.3 is 0 Å². The normalized spacial score (nSPS) is 20.8. The lowest BCUT2D eigenvalue weighted by Crippen LogP contribution is -2.13. The molecule has 1 saturated carbocycles. The van der Waals surface area contributed by atoms with Crippen molar-refractivity contribution in [1.82, 2.24) is 9.55 Å². The number of aromatic nitrogens is 2. The van der Waals surface area contributed by atoms with Crippen molar-refractivity contribution in [3.63, 3.8) is 0 Å². The molecule has 1 aromatic heterocycles. The Morgan fingerprint density at radius 2 is 2.23 bits per heavy atom. The summed E-state index contributed by atoms with van der Waals surface area (Å²) in [5.74, 6) is 1.24. The van der Waals surface area contributed by atoms with Gasteiger partial charge in [-0.3, -0.25) is 0 Å². The van der Waals surface area contributed by atoms with E-state index in [0.29, 0.717) is 5.92 Å². The minimum atomic E-state index is -0.359. The first-order valence-electron chi connectivity index (χ1n) is 4.94. The van der Waals surface area contributed by atoms with Gasteiger partial charge in [0.1, 0.15) is 11.9 Å². The molecule has 3 nitrogen and oxygen atoms in total. The van der Waals surface area contributed by atoms with Crippen molar-refractivity contribution in [3.05, 3.63) is 18.2 Å². The van der Waals surface area contributed by atoms with E-state index in [4.69, 9.17) is 0 Å². The van der Waals surface area contributed by atoms with E-state index in [-0.39, 0.29) is 6.10 Å². The Morgan fingerprint density at radius 1 is 1.54 bits per heavy atom. The Morgan fingerprint density at radius 3 is 2.77 bits per heavy atom. The van der Waals surface area contributed by atoms with E-state index < -0.39 is 0 Å². The van der Waals surface area contributed by atoms with Crippen molar-refractivity contribution in [1.29, 1.82) is 0 Å². The molecule has 13 heavy (non-hydrogen) atoms.